The number of phenolic OH excluding ortho intramolecular Hbond substituents is 1. The van der Waals surface area contributed by atoms with Crippen molar-refractivity contribution in [1.29, 1.82) is 0 Å². The molecule has 25 heavy (non-hydrogen) atoms. The van der Waals surface area contributed by atoms with Crippen molar-refractivity contribution in [2.45, 2.75) is 27.7 Å². The zero-order valence-corrected chi connectivity index (χ0v) is 14.8. The number of rotatable bonds is 3. The molecule has 0 saturated carbocycles. The fraction of sp³-hybridized carbons (Fsp3) is 0.200. The van der Waals surface area contributed by atoms with E-state index in [0.717, 1.165) is 27.9 Å². The first-order valence-corrected chi connectivity index (χ1v) is 8.10. The summed E-state index contributed by atoms with van der Waals surface area (Å²) in [5.74, 6) is -0.0881. The van der Waals surface area contributed by atoms with Crippen molar-refractivity contribution in [2.24, 2.45) is 0 Å². The van der Waals surface area contributed by atoms with Crippen LogP contribution in [0.3, 0.4) is 0 Å². The third kappa shape index (κ3) is 3.26. The first kappa shape index (κ1) is 16.8. The van der Waals surface area contributed by atoms with E-state index in [1.54, 1.807) is 6.07 Å². The summed E-state index contributed by atoms with van der Waals surface area (Å²) < 4.78 is 0. The molecule has 0 bridgehead atoms. The van der Waals surface area contributed by atoms with Gasteiger partial charge in [0.05, 0.1) is 5.69 Å². The molecule has 128 valence electrons. The van der Waals surface area contributed by atoms with E-state index in [9.17, 15) is 9.90 Å². The van der Waals surface area contributed by atoms with E-state index in [1.807, 2.05) is 58.0 Å². The second-order valence-corrected chi connectivity index (χ2v) is 6.35. The first-order chi connectivity index (χ1) is 11.9. The Labute approximate surface area is 146 Å². The van der Waals surface area contributed by atoms with E-state index in [2.05, 4.69) is 15.5 Å². The van der Waals surface area contributed by atoms with Crippen LogP contribution in [0.4, 0.5) is 5.69 Å². The number of nitrogens with zero attached hydrogens (tertiary/aromatic N) is 1. The Balaban J connectivity index is 1.89. The predicted octanol–water partition coefficient (Wildman–Crippen LogP) is 4.27. The minimum atomic E-state index is -0.267. The highest BCUT2D eigenvalue weighted by molar-refractivity contribution is 6.04. The molecule has 0 saturated heterocycles. The van der Waals surface area contributed by atoms with Crippen molar-refractivity contribution < 1.29 is 9.90 Å². The van der Waals surface area contributed by atoms with E-state index in [0.29, 0.717) is 17.0 Å². The summed E-state index contributed by atoms with van der Waals surface area (Å²) in [6.45, 7) is 7.77. The van der Waals surface area contributed by atoms with Crippen molar-refractivity contribution in [3.05, 3.63) is 64.3 Å². The van der Waals surface area contributed by atoms with Crippen LogP contribution in [0.2, 0.25) is 0 Å². The Bertz CT molecular complexity index is 958. The molecule has 5 nitrogen and oxygen atoms in total. The number of benzene rings is 2. The van der Waals surface area contributed by atoms with E-state index in [-0.39, 0.29) is 11.7 Å². The molecule has 0 spiro atoms. The summed E-state index contributed by atoms with van der Waals surface area (Å²) in [7, 11) is 0. The van der Waals surface area contributed by atoms with Gasteiger partial charge in [-0.3, -0.25) is 9.89 Å². The lowest BCUT2D eigenvalue weighted by Gasteiger charge is -2.09. The summed E-state index contributed by atoms with van der Waals surface area (Å²) in [4.78, 5) is 12.5. The van der Waals surface area contributed by atoms with Gasteiger partial charge in [-0.2, -0.15) is 5.10 Å². The smallest absolute Gasteiger partial charge is 0.273 e. The number of aryl methyl sites for hydroxylation is 3. The average molecular weight is 335 g/mol. The summed E-state index contributed by atoms with van der Waals surface area (Å²) in [6, 6.07) is 11.2. The highest BCUT2D eigenvalue weighted by Gasteiger charge is 2.15. The summed E-state index contributed by atoms with van der Waals surface area (Å²) >= 11 is 0. The van der Waals surface area contributed by atoms with Gasteiger partial charge in [0.15, 0.2) is 0 Å². The van der Waals surface area contributed by atoms with Crippen molar-refractivity contribution >= 4 is 11.6 Å². The number of carbonyl (C=O) groups is 1. The second-order valence-electron chi connectivity index (χ2n) is 6.35. The molecule has 0 atom stereocenters. The van der Waals surface area contributed by atoms with E-state index >= 15 is 0 Å². The van der Waals surface area contributed by atoms with Crippen LogP contribution in [-0.2, 0) is 0 Å². The molecule has 2 aromatic carbocycles. The van der Waals surface area contributed by atoms with Gasteiger partial charge < -0.3 is 10.4 Å². The molecule has 0 fully saturated rings. The minimum Gasteiger partial charge on any atom is -0.507 e. The Morgan fingerprint density at radius 2 is 1.84 bits per heavy atom. The molecule has 0 unspecified atom stereocenters. The normalized spacial score (nSPS) is 10.7. The quantitative estimate of drug-likeness (QED) is 0.669. The largest absolute Gasteiger partial charge is 0.507 e. The van der Waals surface area contributed by atoms with Gasteiger partial charge in [0, 0.05) is 11.3 Å². The SMILES string of the molecule is Cc1cc(C)c(O)c(-c2cc(C(=O)Nc3cccc(C)c3C)[nH]n2)c1. The lowest BCUT2D eigenvalue weighted by molar-refractivity contribution is 0.102. The fourth-order valence-corrected chi connectivity index (χ4v) is 2.81. The number of H-pyrrole nitrogens is 1. The van der Waals surface area contributed by atoms with Crippen LogP contribution in [-0.4, -0.2) is 21.2 Å². The van der Waals surface area contributed by atoms with E-state index < -0.39 is 0 Å². The van der Waals surface area contributed by atoms with Crippen LogP contribution in [0.15, 0.2) is 36.4 Å². The molecule has 0 radical (unpaired) electrons. The number of anilines is 1. The van der Waals surface area contributed by atoms with Gasteiger partial charge in [0.2, 0.25) is 0 Å². The van der Waals surface area contributed by atoms with Crippen LogP contribution in [0, 0.1) is 27.7 Å². The van der Waals surface area contributed by atoms with E-state index in [1.165, 1.54) is 0 Å². The number of phenols is 1. The molecule has 0 aliphatic heterocycles. The summed E-state index contributed by atoms with van der Waals surface area (Å²) in [5.41, 5.74) is 6.21. The summed E-state index contributed by atoms with van der Waals surface area (Å²) in [5, 5.41) is 20.1. The van der Waals surface area contributed by atoms with Gasteiger partial charge in [0.25, 0.3) is 5.91 Å². The Morgan fingerprint density at radius 3 is 2.60 bits per heavy atom. The van der Waals surface area contributed by atoms with Gasteiger partial charge >= 0.3 is 0 Å². The fourth-order valence-electron chi connectivity index (χ4n) is 2.81. The summed E-state index contributed by atoms with van der Waals surface area (Å²) in [6.07, 6.45) is 0. The molecule has 3 rings (SSSR count). The van der Waals surface area contributed by atoms with Crippen molar-refractivity contribution in [3.63, 3.8) is 0 Å². The standard InChI is InChI=1S/C20H21N3O2/c1-11-8-13(3)19(24)15(9-11)17-10-18(23-22-17)20(25)21-16-7-5-6-12(2)14(16)4/h5-10,24H,1-4H3,(H,21,25)(H,22,23). The second kappa shape index (κ2) is 6.43. The number of hydrogen-bond acceptors (Lipinski definition) is 3. The van der Waals surface area contributed by atoms with Crippen molar-refractivity contribution in [3.8, 4) is 17.0 Å². The van der Waals surface area contributed by atoms with Crippen molar-refractivity contribution in [1.82, 2.24) is 10.2 Å². The number of amides is 1. The Morgan fingerprint density at radius 1 is 1.08 bits per heavy atom. The zero-order valence-electron chi connectivity index (χ0n) is 14.8. The monoisotopic (exact) mass is 335 g/mol. The third-order valence-electron chi connectivity index (χ3n) is 4.40. The van der Waals surface area contributed by atoms with Gasteiger partial charge in [0.1, 0.15) is 11.4 Å². The number of carbonyl (C=O) groups excluding carboxylic acids is 1. The number of aromatic amines is 1. The Hall–Kier alpha value is -3.08. The predicted molar refractivity (Wildman–Crippen MR) is 99.0 cm³/mol. The minimum absolute atomic E-state index is 0.179. The van der Waals surface area contributed by atoms with Crippen LogP contribution in [0.25, 0.3) is 11.3 Å². The van der Waals surface area contributed by atoms with Crippen LogP contribution >= 0.6 is 0 Å². The maximum Gasteiger partial charge on any atom is 0.273 e. The lowest BCUT2D eigenvalue weighted by Crippen LogP contribution is -2.13. The average Bonchev–Trinajstić information content (AvgIpc) is 3.05. The first-order valence-electron chi connectivity index (χ1n) is 8.10. The molecule has 1 heterocycles. The molecule has 1 amide bonds. The van der Waals surface area contributed by atoms with Gasteiger partial charge in [-0.1, -0.05) is 18.2 Å². The Kier molecular flexibility index (Phi) is 4.31. The lowest BCUT2D eigenvalue weighted by atomic mass is 10.0. The molecule has 0 aliphatic carbocycles. The molecule has 1 aromatic heterocycles. The highest BCUT2D eigenvalue weighted by Crippen LogP contribution is 2.32. The van der Waals surface area contributed by atoms with Gasteiger partial charge in [-0.25, -0.2) is 0 Å². The van der Waals surface area contributed by atoms with Crippen molar-refractivity contribution in [2.75, 3.05) is 5.32 Å². The van der Waals surface area contributed by atoms with E-state index in [4.69, 9.17) is 0 Å². The highest BCUT2D eigenvalue weighted by atomic mass is 16.3. The number of hydrogen-bond donors (Lipinski definition) is 3. The molecule has 0 aliphatic rings. The number of aromatic nitrogens is 2. The molecule has 3 N–H and O–H groups in total. The number of aromatic hydroxyl groups is 1. The van der Waals surface area contributed by atoms with Crippen LogP contribution in [0.1, 0.15) is 32.7 Å². The molecular formula is C20H21N3O2. The van der Waals surface area contributed by atoms with Gasteiger partial charge in [-0.15, -0.1) is 0 Å². The topological polar surface area (TPSA) is 78.0 Å². The van der Waals surface area contributed by atoms with Crippen LogP contribution < -0.4 is 5.32 Å². The van der Waals surface area contributed by atoms with Gasteiger partial charge in [-0.05, 0) is 68.1 Å². The molecular weight excluding hydrogens is 314 g/mol. The van der Waals surface area contributed by atoms with Crippen LogP contribution in [0.5, 0.6) is 5.75 Å². The molecule has 5 heteroatoms. The maximum absolute atomic E-state index is 12.5. The number of nitrogens with one attached hydrogen (secondary N) is 2. The zero-order chi connectivity index (χ0) is 18.1. The third-order valence-corrected chi connectivity index (χ3v) is 4.40. The molecule has 3 aromatic rings. The maximum atomic E-state index is 12.5.